The van der Waals surface area contributed by atoms with Gasteiger partial charge in [0.05, 0.1) is 6.61 Å². The molecule has 1 atom stereocenters. The van der Waals surface area contributed by atoms with E-state index in [2.05, 4.69) is 12.1 Å². The van der Waals surface area contributed by atoms with E-state index in [1.807, 2.05) is 31.2 Å². The molecule has 0 heterocycles. The number of fused-ring (bicyclic) bond motifs is 1. The van der Waals surface area contributed by atoms with E-state index in [0.717, 1.165) is 22.1 Å². The Labute approximate surface area is 101 Å². The third-order valence-electron chi connectivity index (χ3n) is 2.86. The molecule has 2 aromatic carbocycles. The molecule has 0 saturated carbocycles. The van der Waals surface area contributed by atoms with E-state index in [-0.39, 0.29) is 6.04 Å². The molecule has 0 aliphatic carbocycles. The fourth-order valence-corrected chi connectivity index (χ4v) is 2.06. The summed E-state index contributed by atoms with van der Waals surface area (Å²) in [5.41, 5.74) is 12.8. The van der Waals surface area contributed by atoms with E-state index in [1.165, 1.54) is 0 Å². The van der Waals surface area contributed by atoms with Crippen LogP contribution in [0.1, 0.15) is 18.5 Å². The monoisotopic (exact) mass is 230 g/mol. The van der Waals surface area contributed by atoms with Gasteiger partial charge in [0.15, 0.2) is 0 Å². The average Bonchev–Trinajstić information content (AvgIpc) is 2.38. The van der Waals surface area contributed by atoms with Crippen LogP contribution in [0, 0.1) is 0 Å². The van der Waals surface area contributed by atoms with Crippen molar-refractivity contribution in [2.24, 2.45) is 11.5 Å². The predicted octanol–water partition coefficient (Wildman–Crippen LogP) is 2.20. The lowest BCUT2D eigenvalue weighted by Crippen LogP contribution is -2.21. The van der Waals surface area contributed by atoms with Crippen molar-refractivity contribution in [1.29, 1.82) is 0 Å². The van der Waals surface area contributed by atoms with Crippen LogP contribution in [0.15, 0.2) is 36.4 Å². The maximum Gasteiger partial charge on any atom is 0.124 e. The largest absolute Gasteiger partial charge is 0.494 e. The second kappa shape index (κ2) is 5.17. The highest BCUT2D eigenvalue weighted by atomic mass is 16.5. The molecule has 3 heteroatoms. The van der Waals surface area contributed by atoms with Gasteiger partial charge in [0.25, 0.3) is 0 Å². The normalized spacial score (nSPS) is 12.6. The highest BCUT2D eigenvalue weighted by Gasteiger charge is 2.14. The van der Waals surface area contributed by atoms with Crippen molar-refractivity contribution in [1.82, 2.24) is 0 Å². The standard InChI is InChI=1S/C14H18N2O/c1-2-17-13-8-7-10-5-3-4-6-11(10)14(13)12(16)9-15/h3-8,12H,2,9,15-16H2,1H3/t12-/m0/s1. The van der Waals surface area contributed by atoms with Crippen LogP contribution in [0.3, 0.4) is 0 Å². The molecule has 0 amide bonds. The van der Waals surface area contributed by atoms with Gasteiger partial charge in [-0.2, -0.15) is 0 Å². The molecule has 0 fully saturated rings. The summed E-state index contributed by atoms with van der Waals surface area (Å²) in [6, 6.07) is 12.0. The minimum absolute atomic E-state index is 0.192. The second-order valence-corrected chi connectivity index (χ2v) is 3.97. The summed E-state index contributed by atoms with van der Waals surface area (Å²) in [5.74, 6) is 0.837. The minimum Gasteiger partial charge on any atom is -0.494 e. The number of hydrogen-bond donors (Lipinski definition) is 2. The van der Waals surface area contributed by atoms with E-state index >= 15 is 0 Å². The van der Waals surface area contributed by atoms with E-state index in [0.29, 0.717) is 13.2 Å². The first-order chi connectivity index (χ1) is 8.27. The smallest absolute Gasteiger partial charge is 0.124 e. The van der Waals surface area contributed by atoms with Gasteiger partial charge in [-0.05, 0) is 23.8 Å². The quantitative estimate of drug-likeness (QED) is 0.846. The Bertz CT molecular complexity index is 511. The van der Waals surface area contributed by atoms with Crippen molar-refractivity contribution in [2.45, 2.75) is 13.0 Å². The summed E-state index contributed by atoms with van der Waals surface area (Å²) in [6.07, 6.45) is 0. The van der Waals surface area contributed by atoms with Crippen LogP contribution >= 0.6 is 0 Å². The molecule has 0 saturated heterocycles. The molecule has 0 aromatic heterocycles. The summed E-state index contributed by atoms with van der Waals surface area (Å²) in [7, 11) is 0. The Morgan fingerprint density at radius 2 is 1.94 bits per heavy atom. The van der Waals surface area contributed by atoms with Crippen molar-refractivity contribution in [3.63, 3.8) is 0 Å². The van der Waals surface area contributed by atoms with Crippen LogP contribution in [-0.4, -0.2) is 13.2 Å². The molecule has 4 N–H and O–H groups in total. The van der Waals surface area contributed by atoms with E-state index < -0.39 is 0 Å². The van der Waals surface area contributed by atoms with Crippen molar-refractivity contribution >= 4 is 10.8 Å². The van der Waals surface area contributed by atoms with Gasteiger partial charge in [-0.25, -0.2) is 0 Å². The van der Waals surface area contributed by atoms with Crippen LogP contribution in [0.4, 0.5) is 0 Å². The fraction of sp³-hybridized carbons (Fsp3) is 0.286. The first kappa shape index (κ1) is 11.9. The number of ether oxygens (including phenoxy) is 1. The lowest BCUT2D eigenvalue weighted by molar-refractivity contribution is 0.335. The van der Waals surface area contributed by atoms with Crippen molar-refractivity contribution < 1.29 is 4.74 Å². The van der Waals surface area contributed by atoms with Gasteiger partial charge in [0.1, 0.15) is 5.75 Å². The molecule has 0 spiro atoms. The van der Waals surface area contributed by atoms with Crippen molar-refractivity contribution in [3.8, 4) is 5.75 Å². The van der Waals surface area contributed by atoms with Crippen LogP contribution in [0.2, 0.25) is 0 Å². The summed E-state index contributed by atoms with van der Waals surface area (Å²) >= 11 is 0. The van der Waals surface area contributed by atoms with E-state index in [9.17, 15) is 0 Å². The zero-order valence-corrected chi connectivity index (χ0v) is 10.0. The fourth-order valence-electron chi connectivity index (χ4n) is 2.06. The lowest BCUT2D eigenvalue weighted by Gasteiger charge is -2.17. The molecule has 17 heavy (non-hydrogen) atoms. The molecule has 3 nitrogen and oxygen atoms in total. The Morgan fingerprint density at radius 3 is 2.65 bits per heavy atom. The SMILES string of the molecule is CCOc1ccc2ccccc2c1[C@@H](N)CN. The zero-order valence-electron chi connectivity index (χ0n) is 10.0. The van der Waals surface area contributed by atoms with Crippen LogP contribution in [0.5, 0.6) is 5.75 Å². The summed E-state index contributed by atoms with van der Waals surface area (Å²) in [6.45, 7) is 3.00. The number of rotatable bonds is 4. The average molecular weight is 230 g/mol. The van der Waals surface area contributed by atoms with Gasteiger partial charge in [-0.1, -0.05) is 30.3 Å². The number of benzene rings is 2. The highest BCUT2D eigenvalue weighted by Crippen LogP contribution is 2.31. The molecule has 0 bridgehead atoms. The van der Waals surface area contributed by atoms with Crippen molar-refractivity contribution in [3.05, 3.63) is 42.0 Å². The first-order valence-corrected chi connectivity index (χ1v) is 5.88. The predicted molar refractivity (Wildman–Crippen MR) is 71.1 cm³/mol. The lowest BCUT2D eigenvalue weighted by atomic mass is 9.98. The minimum atomic E-state index is -0.192. The van der Waals surface area contributed by atoms with Crippen LogP contribution in [-0.2, 0) is 0 Å². The molecule has 2 rings (SSSR count). The molecular weight excluding hydrogens is 212 g/mol. The maximum atomic E-state index is 6.09. The number of hydrogen-bond acceptors (Lipinski definition) is 3. The van der Waals surface area contributed by atoms with E-state index in [1.54, 1.807) is 0 Å². The van der Waals surface area contributed by atoms with E-state index in [4.69, 9.17) is 16.2 Å². The maximum absolute atomic E-state index is 6.09. The number of nitrogens with two attached hydrogens (primary N) is 2. The first-order valence-electron chi connectivity index (χ1n) is 5.88. The van der Waals surface area contributed by atoms with Gasteiger partial charge in [0.2, 0.25) is 0 Å². The third kappa shape index (κ3) is 2.25. The zero-order chi connectivity index (χ0) is 12.3. The molecule has 0 unspecified atom stereocenters. The van der Waals surface area contributed by atoms with Crippen LogP contribution in [0.25, 0.3) is 10.8 Å². The Balaban J connectivity index is 2.65. The molecule has 0 aliphatic heterocycles. The Morgan fingerprint density at radius 1 is 1.18 bits per heavy atom. The Kier molecular flexibility index (Phi) is 3.61. The topological polar surface area (TPSA) is 61.3 Å². The molecular formula is C14H18N2O. The van der Waals surface area contributed by atoms with Gasteiger partial charge < -0.3 is 16.2 Å². The van der Waals surface area contributed by atoms with Gasteiger partial charge in [-0.15, -0.1) is 0 Å². The summed E-state index contributed by atoms with van der Waals surface area (Å²) in [4.78, 5) is 0. The molecule has 0 radical (unpaired) electrons. The van der Waals surface area contributed by atoms with Crippen LogP contribution < -0.4 is 16.2 Å². The van der Waals surface area contributed by atoms with Gasteiger partial charge in [0, 0.05) is 18.2 Å². The summed E-state index contributed by atoms with van der Waals surface area (Å²) in [5, 5.41) is 2.28. The van der Waals surface area contributed by atoms with Gasteiger partial charge >= 0.3 is 0 Å². The summed E-state index contributed by atoms with van der Waals surface area (Å²) < 4.78 is 5.63. The second-order valence-electron chi connectivity index (χ2n) is 3.97. The molecule has 0 aliphatic rings. The van der Waals surface area contributed by atoms with Crippen molar-refractivity contribution in [2.75, 3.05) is 13.2 Å². The highest BCUT2D eigenvalue weighted by molar-refractivity contribution is 5.88. The Hall–Kier alpha value is -1.58. The molecule has 90 valence electrons. The third-order valence-corrected chi connectivity index (χ3v) is 2.86. The van der Waals surface area contributed by atoms with Gasteiger partial charge in [-0.3, -0.25) is 0 Å². The molecule has 2 aromatic rings.